The van der Waals surface area contributed by atoms with E-state index >= 15 is 0 Å². The maximum absolute atomic E-state index is 5.82. The molecule has 0 aliphatic rings. The van der Waals surface area contributed by atoms with Crippen LogP contribution in [0, 0.1) is 0 Å². The van der Waals surface area contributed by atoms with Crippen molar-refractivity contribution in [3.8, 4) is 0 Å². The zero-order valence-electron chi connectivity index (χ0n) is 8.72. The van der Waals surface area contributed by atoms with Crippen molar-refractivity contribution >= 4 is 34.3 Å². The van der Waals surface area contributed by atoms with Crippen LogP contribution < -0.4 is 0 Å². The summed E-state index contributed by atoms with van der Waals surface area (Å²) in [6.07, 6.45) is 1.47. The summed E-state index contributed by atoms with van der Waals surface area (Å²) in [5, 5.41) is 3.52. The minimum atomic E-state index is 0.457. The summed E-state index contributed by atoms with van der Waals surface area (Å²) >= 11 is 7.35. The molecule has 0 unspecified atom stereocenters. The summed E-state index contributed by atoms with van der Waals surface area (Å²) in [6.45, 7) is 0. The van der Waals surface area contributed by atoms with Gasteiger partial charge < -0.3 is 4.98 Å². The normalized spacial score (nSPS) is 10.9. The second kappa shape index (κ2) is 4.39. The van der Waals surface area contributed by atoms with Crippen molar-refractivity contribution in [1.82, 2.24) is 15.0 Å². The van der Waals surface area contributed by atoms with Crippen molar-refractivity contribution in [2.45, 2.75) is 10.1 Å². The second-order valence-electron chi connectivity index (χ2n) is 3.50. The molecule has 0 saturated carbocycles. The van der Waals surface area contributed by atoms with Gasteiger partial charge in [-0.25, -0.2) is 9.97 Å². The van der Waals surface area contributed by atoms with Gasteiger partial charge in [-0.2, -0.15) is 0 Å². The summed E-state index contributed by atoms with van der Waals surface area (Å²) in [4.78, 5) is 11.3. The number of aromatic nitrogens is 3. The van der Waals surface area contributed by atoms with Gasteiger partial charge in [-0.05, 0) is 12.1 Å². The number of nitrogens with zero attached hydrogens (tertiary/aromatic N) is 2. The van der Waals surface area contributed by atoms with Gasteiger partial charge in [0.15, 0.2) is 0 Å². The van der Waals surface area contributed by atoms with Crippen molar-refractivity contribution in [3.63, 3.8) is 0 Å². The number of rotatable bonds is 2. The number of benzene rings is 1. The SMILES string of the molecule is Clc1cc(Sc2cc3ccccc3[nH]2)ncn1. The maximum Gasteiger partial charge on any atom is 0.133 e. The van der Waals surface area contributed by atoms with E-state index in [-0.39, 0.29) is 0 Å². The number of hydrogen-bond acceptors (Lipinski definition) is 3. The highest BCUT2D eigenvalue weighted by atomic mass is 35.5. The summed E-state index contributed by atoms with van der Waals surface area (Å²) in [6, 6.07) is 12.0. The van der Waals surface area contributed by atoms with E-state index in [0.29, 0.717) is 5.15 Å². The van der Waals surface area contributed by atoms with Gasteiger partial charge in [-0.3, -0.25) is 0 Å². The molecule has 2 heterocycles. The zero-order valence-corrected chi connectivity index (χ0v) is 10.3. The molecule has 3 rings (SSSR count). The predicted molar refractivity (Wildman–Crippen MR) is 69.5 cm³/mol. The van der Waals surface area contributed by atoms with Crippen LogP contribution in [0.15, 0.2) is 52.8 Å². The first-order valence-corrected chi connectivity index (χ1v) is 6.24. The summed E-state index contributed by atoms with van der Waals surface area (Å²) < 4.78 is 0. The number of para-hydroxylation sites is 1. The van der Waals surface area contributed by atoms with Gasteiger partial charge in [0.05, 0.1) is 5.03 Å². The Kier molecular flexibility index (Phi) is 2.74. The fraction of sp³-hybridized carbons (Fsp3) is 0. The van der Waals surface area contributed by atoms with E-state index in [9.17, 15) is 0 Å². The number of hydrogen-bond donors (Lipinski definition) is 1. The molecule has 0 spiro atoms. The van der Waals surface area contributed by atoms with Crippen LogP contribution in [-0.4, -0.2) is 15.0 Å². The van der Waals surface area contributed by atoms with E-state index < -0.39 is 0 Å². The Labute approximate surface area is 107 Å². The lowest BCUT2D eigenvalue weighted by atomic mass is 10.3. The quantitative estimate of drug-likeness (QED) is 0.714. The Balaban J connectivity index is 1.94. The van der Waals surface area contributed by atoms with Crippen LogP contribution in [0.5, 0.6) is 0 Å². The van der Waals surface area contributed by atoms with Gasteiger partial charge >= 0.3 is 0 Å². The van der Waals surface area contributed by atoms with Crippen LogP contribution in [0.1, 0.15) is 0 Å². The first kappa shape index (κ1) is 10.6. The van der Waals surface area contributed by atoms with Gasteiger partial charge in [0.25, 0.3) is 0 Å². The third-order valence-electron chi connectivity index (χ3n) is 2.33. The number of H-pyrrole nitrogens is 1. The molecule has 0 atom stereocenters. The van der Waals surface area contributed by atoms with Crippen molar-refractivity contribution < 1.29 is 0 Å². The Hall–Kier alpha value is -1.52. The van der Waals surface area contributed by atoms with Crippen LogP contribution in [0.25, 0.3) is 10.9 Å². The molecule has 17 heavy (non-hydrogen) atoms. The molecule has 0 aliphatic heterocycles. The smallest absolute Gasteiger partial charge is 0.133 e. The molecule has 0 bridgehead atoms. The molecule has 84 valence electrons. The van der Waals surface area contributed by atoms with Gasteiger partial charge in [-0.1, -0.05) is 41.6 Å². The second-order valence-corrected chi connectivity index (χ2v) is 4.95. The Bertz CT molecular complexity index is 632. The van der Waals surface area contributed by atoms with Crippen molar-refractivity contribution in [3.05, 3.63) is 47.9 Å². The third-order valence-corrected chi connectivity index (χ3v) is 3.41. The highest BCUT2D eigenvalue weighted by Gasteiger charge is 2.03. The maximum atomic E-state index is 5.82. The molecule has 1 N–H and O–H groups in total. The average Bonchev–Trinajstić information content (AvgIpc) is 2.71. The molecule has 2 aromatic heterocycles. The molecule has 1 aromatic carbocycles. The molecule has 5 heteroatoms. The first-order chi connectivity index (χ1) is 8.31. The lowest BCUT2D eigenvalue weighted by molar-refractivity contribution is 1.04. The molecule has 0 saturated heterocycles. The Morgan fingerprint density at radius 1 is 1.12 bits per heavy atom. The van der Waals surface area contributed by atoms with E-state index in [1.807, 2.05) is 18.2 Å². The minimum Gasteiger partial charge on any atom is -0.349 e. The van der Waals surface area contributed by atoms with Gasteiger partial charge in [-0.15, -0.1) is 0 Å². The topological polar surface area (TPSA) is 41.6 Å². The molecule has 0 fully saturated rings. The monoisotopic (exact) mass is 261 g/mol. The van der Waals surface area contributed by atoms with Crippen LogP contribution in [0.3, 0.4) is 0 Å². The number of aromatic amines is 1. The third kappa shape index (κ3) is 2.28. The van der Waals surface area contributed by atoms with Gasteiger partial charge in [0.2, 0.25) is 0 Å². The number of fused-ring (bicyclic) bond motifs is 1. The minimum absolute atomic E-state index is 0.457. The zero-order chi connectivity index (χ0) is 11.7. The number of nitrogens with one attached hydrogen (secondary N) is 1. The summed E-state index contributed by atoms with van der Waals surface area (Å²) in [7, 11) is 0. The fourth-order valence-electron chi connectivity index (χ4n) is 1.59. The Morgan fingerprint density at radius 3 is 2.82 bits per heavy atom. The lowest BCUT2D eigenvalue weighted by Crippen LogP contribution is -1.82. The van der Waals surface area contributed by atoms with E-state index in [4.69, 9.17) is 11.6 Å². The average molecular weight is 262 g/mol. The number of halogens is 1. The summed E-state index contributed by atoms with van der Waals surface area (Å²) in [5.41, 5.74) is 1.12. The summed E-state index contributed by atoms with van der Waals surface area (Å²) in [5.74, 6) is 0. The fourth-order valence-corrected chi connectivity index (χ4v) is 2.64. The molecular weight excluding hydrogens is 254 g/mol. The van der Waals surface area contributed by atoms with E-state index in [1.165, 1.54) is 23.5 Å². The van der Waals surface area contributed by atoms with E-state index in [2.05, 4.69) is 27.1 Å². The Morgan fingerprint density at radius 2 is 2.00 bits per heavy atom. The van der Waals surface area contributed by atoms with Crippen LogP contribution in [-0.2, 0) is 0 Å². The largest absolute Gasteiger partial charge is 0.349 e. The van der Waals surface area contributed by atoms with E-state index in [0.717, 1.165) is 15.6 Å². The standard InChI is InChI=1S/C12H8ClN3S/c13-10-6-11(15-7-14-10)17-12-5-8-3-1-2-4-9(8)16-12/h1-7,16H. The molecule has 0 amide bonds. The molecular formula is C12H8ClN3S. The van der Waals surface area contributed by atoms with Gasteiger partial charge in [0, 0.05) is 17.0 Å². The molecule has 0 radical (unpaired) electrons. The van der Waals surface area contributed by atoms with E-state index in [1.54, 1.807) is 6.07 Å². The van der Waals surface area contributed by atoms with Crippen LogP contribution in [0.2, 0.25) is 5.15 Å². The molecule has 3 aromatic rings. The van der Waals surface area contributed by atoms with Crippen LogP contribution in [0.4, 0.5) is 0 Å². The highest BCUT2D eigenvalue weighted by Crippen LogP contribution is 2.28. The van der Waals surface area contributed by atoms with Crippen molar-refractivity contribution in [2.24, 2.45) is 0 Å². The van der Waals surface area contributed by atoms with Crippen molar-refractivity contribution in [2.75, 3.05) is 0 Å². The molecule has 0 aliphatic carbocycles. The van der Waals surface area contributed by atoms with Crippen molar-refractivity contribution in [1.29, 1.82) is 0 Å². The first-order valence-electron chi connectivity index (χ1n) is 5.04. The lowest BCUT2D eigenvalue weighted by Gasteiger charge is -1.96. The predicted octanol–water partition coefficient (Wildman–Crippen LogP) is 3.76. The highest BCUT2D eigenvalue weighted by molar-refractivity contribution is 7.99. The molecule has 3 nitrogen and oxygen atoms in total. The van der Waals surface area contributed by atoms with Crippen LogP contribution >= 0.6 is 23.4 Å². The van der Waals surface area contributed by atoms with Gasteiger partial charge in [0.1, 0.15) is 16.5 Å².